The van der Waals surface area contributed by atoms with Crippen LogP contribution < -0.4 is 0 Å². The summed E-state index contributed by atoms with van der Waals surface area (Å²) in [6.07, 6.45) is 12.9. The molecule has 3 saturated carbocycles. The molecular weight excluding hydrogens is 312 g/mol. The third-order valence-electron chi connectivity index (χ3n) is 9.41. The smallest absolute Gasteiger partial charge is 0.306 e. The molecule has 1 saturated heterocycles. The van der Waals surface area contributed by atoms with E-state index in [1.165, 1.54) is 31.3 Å². The number of aliphatic hydroxyl groups excluding tert-OH is 1. The third-order valence-corrected chi connectivity index (χ3v) is 9.41. The molecule has 1 spiro atoms. The van der Waals surface area contributed by atoms with E-state index in [0.29, 0.717) is 17.8 Å². The van der Waals surface area contributed by atoms with Gasteiger partial charge in [-0.05, 0) is 81.0 Å². The molecule has 138 valence electrons. The van der Waals surface area contributed by atoms with E-state index >= 15 is 0 Å². The normalized spacial score (nSPS) is 54.5. The Morgan fingerprint density at radius 2 is 1.88 bits per heavy atom. The van der Waals surface area contributed by atoms with E-state index in [0.717, 1.165) is 43.9 Å². The highest BCUT2D eigenvalue weighted by molar-refractivity contribution is 5.72. The molecule has 25 heavy (non-hydrogen) atoms. The minimum absolute atomic E-state index is 0.0306. The van der Waals surface area contributed by atoms with Gasteiger partial charge in [0.05, 0.1) is 6.10 Å². The lowest BCUT2D eigenvalue weighted by Gasteiger charge is -2.59. The monoisotopic (exact) mass is 344 g/mol. The van der Waals surface area contributed by atoms with Crippen LogP contribution in [0.4, 0.5) is 0 Å². The van der Waals surface area contributed by atoms with E-state index in [2.05, 4.69) is 19.9 Å². The second-order valence-electron chi connectivity index (χ2n) is 10.1. The number of rotatable bonds is 0. The summed E-state index contributed by atoms with van der Waals surface area (Å²) in [7, 11) is 0. The second kappa shape index (κ2) is 5.12. The maximum atomic E-state index is 11.9. The fourth-order valence-electron chi connectivity index (χ4n) is 7.94. The van der Waals surface area contributed by atoms with Crippen molar-refractivity contribution in [2.24, 2.45) is 28.6 Å². The number of fused-ring (bicyclic) bond motifs is 6. The molecule has 0 aromatic rings. The zero-order chi connectivity index (χ0) is 17.4. The van der Waals surface area contributed by atoms with Crippen molar-refractivity contribution < 1.29 is 14.6 Å². The molecule has 0 bridgehead atoms. The summed E-state index contributed by atoms with van der Waals surface area (Å²) in [6, 6.07) is 0. The van der Waals surface area contributed by atoms with Crippen LogP contribution in [-0.4, -0.2) is 22.8 Å². The molecule has 0 aromatic heterocycles. The van der Waals surface area contributed by atoms with Gasteiger partial charge in [0.1, 0.15) is 5.60 Å². The molecule has 3 heteroatoms. The van der Waals surface area contributed by atoms with Crippen molar-refractivity contribution in [2.75, 3.05) is 0 Å². The highest BCUT2D eigenvalue weighted by atomic mass is 16.6. The van der Waals surface area contributed by atoms with Crippen molar-refractivity contribution in [1.82, 2.24) is 0 Å². The van der Waals surface area contributed by atoms with Crippen LogP contribution in [0.1, 0.15) is 78.1 Å². The lowest BCUT2D eigenvalue weighted by atomic mass is 9.47. The van der Waals surface area contributed by atoms with Crippen molar-refractivity contribution in [3.63, 3.8) is 0 Å². The van der Waals surface area contributed by atoms with Crippen LogP contribution in [0.15, 0.2) is 11.6 Å². The molecule has 0 amide bonds. The zero-order valence-electron chi connectivity index (χ0n) is 15.7. The molecule has 1 aliphatic heterocycles. The Labute approximate surface area is 151 Å². The van der Waals surface area contributed by atoms with E-state index in [-0.39, 0.29) is 23.1 Å². The number of ether oxygens (including phenoxy) is 1. The van der Waals surface area contributed by atoms with Crippen LogP contribution in [0.5, 0.6) is 0 Å². The molecule has 5 rings (SSSR count). The van der Waals surface area contributed by atoms with Gasteiger partial charge in [-0.25, -0.2) is 0 Å². The summed E-state index contributed by atoms with van der Waals surface area (Å²) >= 11 is 0. The van der Waals surface area contributed by atoms with Gasteiger partial charge in [0, 0.05) is 11.8 Å². The first-order chi connectivity index (χ1) is 11.9. The highest BCUT2D eigenvalue weighted by Crippen LogP contribution is 2.69. The van der Waals surface area contributed by atoms with Crippen LogP contribution in [0.3, 0.4) is 0 Å². The van der Waals surface area contributed by atoms with Gasteiger partial charge >= 0.3 is 5.97 Å². The van der Waals surface area contributed by atoms with Crippen molar-refractivity contribution >= 4 is 5.97 Å². The van der Waals surface area contributed by atoms with Crippen molar-refractivity contribution in [3.05, 3.63) is 11.6 Å². The molecule has 1 N–H and O–H groups in total. The van der Waals surface area contributed by atoms with Gasteiger partial charge in [-0.3, -0.25) is 4.79 Å². The fraction of sp³-hybridized carbons (Fsp3) is 0.864. The average molecular weight is 344 g/mol. The first-order valence-electron chi connectivity index (χ1n) is 10.5. The molecule has 4 aliphatic carbocycles. The Morgan fingerprint density at radius 3 is 2.64 bits per heavy atom. The Hall–Kier alpha value is -0.830. The summed E-state index contributed by atoms with van der Waals surface area (Å²) in [6.45, 7) is 4.91. The van der Waals surface area contributed by atoms with E-state index in [1.807, 2.05) is 0 Å². The third kappa shape index (κ3) is 1.99. The Balaban J connectivity index is 1.49. The average Bonchev–Trinajstić information content (AvgIpc) is 3.10. The number of hydrogen-bond donors (Lipinski definition) is 1. The van der Waals surface area contributed by atoms with Crippen molar-refractivity contribution in [1.29, 1.82) is 0 Å². The number of carbonyl (C=O) groups excluding carboxylic acids is 1. The molecule has 3 nitrogen and oxygen atoms in total. The number of aliphatic hydroxyl groups is 1. The maximum absolute atomic E-state index is 11.9. The lowest BCUT2D eigenvalue weighted by molar-refractivity contribution is -0.167. The number of carbonyl (C=O) groups is 1. The number of esters is 1. The molecule has 7 atom stereocenters. The van der Waals surface area contributed by atoms with E-state index in [9.17, 15) is 9.90 Å². The largest absolute Gasteiger partial charge is 0.458 e. The van der Waals surface area contributed by atoms with Gasteiger partial charge in [-0.2, -0.15) is 0 Å². The molecule has 5 aliphatic rings. The lowest BCUT2D eigenvalue weighted by Crippen LogP contribution is -2.54. The molecular formula is C22H32O3. The molecule has 0 unspecified atom stereocenters. The maximum Gasteiger partial charge on any atom is 0.306 e. The van der Waals surface area contributed by atoms with Gasteiger partial charge in [0.15, 0.2) is 0 Å². The van der Waals surface area contributed by atoms with Gasteiger partial charge < -0.3 is 9.84 Å². The topological polar surface area (TPSA) is 46.5 Å². The molecule has 0 aromatic carbocycles. The predicted molar refractivity (Wildman–Crippen MR) is 95.8 cm³/mol. The summed E-state index contributed by atoms with van der Waals surface area (Å²) < 4.78 is 6.02. The highest BCUT2D eigenvalue weighted by Gasteiger charge is 2.66. The van der Waals surface area contributed by atoms with Gasteiger partial charge in [-0.1, -0.05) is 25.5 Å². The summed E-state index contributed by atoms with van der Waals surface area (Å²) in [4.78, 5) is 11.9. The van der Waals surface area contributed by atoms with Crippen molar-refractivity contribution in [2.45, 2.75) is 89.8 Å². The standard InChI is InChI=1S/C22H32O3/c1-20-9-5-15(23)13-14(20)3-4-16-17(20)6-10-21(2)18(16)7-11-22(21)12-8-19(24)25-22/h3,15-18,23H,4-13H2,1-2H3/t15-,16-,17+,18-,20+,21-,22-/m1/s1. The SMILES string of the molecule is C[C@]12CC[C@@H](O)CC1=CC[C@H]1[C@H]3CC[C@@]4(CCC(=O)O4)[C@]3(C)CC[C@@H]12. The minimum atomic E-state index is -0.159. The summed E-state index contributed by atoms with van der Waals surface area (Å²) in [5, 5.41) is 10.1. The first kappa shape index (κ1) is 16.4. The molecule has 1 heterocycles. The molecule has 0 radical (unpaired) electrons. The fourth-order valence-corrected chi connectivity index (χ4v) is 7.94. The quantitative estimate of drug-likeness (QED) is 0.524. The van der Waals surface area contributed by atoms with Crippen LogP contribution in [0.2, 0.25) is 0 Å². The number of allylic oxidation sites excluding steroid dienone is 1. The zero-order valence-corrected chi connectivity index (χ0v) is 15.7. The Kier molecular flexibility index (Phi) is 3.35. The van der Waals surface area contributed by atoms with E-state index in [1.54, 1.807) is 0 Å². The Bertz CT molecular complexity index is 639. The van der Waals surface area contributed by atoms with Crippen LogP contribution in [0.25, 0.3) is 0 Å². The van der Waals surface area contributed by atoms with Gasteiger partial charge in [0.25, 0.3) is 0 Å². The van der Waals surface area contributed by atoms with Gasteiger partial charge in [-0.15, -0.1) is 0 Å². The van der Waals surface area contributed by atoms with E-state index in [4.69, 9.17) is 4.74 Å². The predicted octanol–water partition coefficient (Wildman–Crippen LogP) is 4.39. The van der Waals surface area contributed by atoms with E-state index < -0.39 is 0 Å². The molecule has 4 fully saturated rings. The van der Waals surface area contributed by atoms with Crippen LogP contribution in [0, 0.1) is 28.6 Å². The summed E-state index contributed by atoms with van der Waals surface area (Å²) in [5.41, 5.74) is 1.85. The van der Waals surface area contributed by atoms with Crippen LogP contribution >= 0.6 is 0 Å². The number of hydrogen-bond acceptors (Lipinski definition) is 3. The second-order valence-corrected chi connectivity index (χ2v) is 10.1. The van der Waals surface area contributed by atoms with Gasteiger partial charge in [0.2, 0.25) is 0 Å². The first-order valence-corrected chi connectivity index (χ1v) is 10.5. The van der Waals surface area contributed by atoms with Crippen LogP contribution in [-0.2, 0) is 9.53 Å². The summed E-state index contributed by atoms with van der Waals surface area (Å²) in [5.74, 6) is 2.22. The minimum Gasteiger partial charge on any atom is -0.458 e. The Morgan fingerprint density at radius 1 is 1.08 bits per heavy atom. The van der Waals surface area contributed by atoms with Crippen molar-refractivity contribution in [3.8, 4) is 0 Å².